The van der Waals surface area contributed by atoms with Crippen LogP contribution in [-0.2, 0) is 0 Å². The van der Waals surface area contributed by atoms with Crippen LogP contribution in [0.3, 0.4) is 0 Å². The molecule has 1 aromatic heterocycles. The van der Waals surface area contributed by atoms with E-state index in [4.69, 9.17) is 0 Å². The zero-order valence-electron chi connectivity index (χ0n) is 11.2. The minimum absolute atomic E-state index is 0.164. The third-order valence-electron chi connectivity index (χ3n) is 2.47. The molecular formula is C13H11F2N3O2S. The second-order valence-electron chi connectivity index (χ2n) is 4.35. The SMILES string of the molecule is CN(C)C(=O)c1csc(NC(=O)c2cc(F)cc(F)c2)n1. The van der Waals surface area contributed by atoms with Crippen LogP contribution in [0.1, 0.15) is 20.8 Å². The highest BCUT2D eigenvalue weighted by Crippen LogP contribution is 2.18. The molecule has 0 saturated heterocycles. The van der Waals surface area contributed by atoms with Gasteiger partial charge in [0.1, 0.15) is 17.3 Å². The van der Waals surface area contributed by atoms with Crippen LogP contribution in [0.15, 0.2) is 23.6 Å². The van der Waals surface area contributed by atoms with E-state index in [1.165, 1.54) is 10.3 Å². The summed E-state index contributed by atoms with van der Waals surface area (Å²) in [6, 6.07) is 2.50. The second kappa shape index (κ2) is 5.96. The van der Waals surface area contributed by atoms with E-state index < -0.39 is 17.5 Å². The Hall–Kier alpha value is -2.35. The molecule has 2 amide bonds. The largest absolute Gasteiger partial charge is 0.343 e. The Kier molecular flexibility index (Phi) is 4.27. The lowest BCUT2D eigenvalue weighted by molar-refractivity contribution is 0.0822. The molecule has 0 fully saturated rings. The number of hydrogen-bond donors (Lipinski definition) is 1. The van der Waals surface area contributed by atoms with Gasteiger partial charge in [-0.25, -0.2) is 13.8 Å². The van der Waals surface area contributed by atoms with Crippen molar-refractivity contribution < 1.29 is 18.4 Å². The van der Waals surface area contributed by atoms with Crippen molar-refractivity contribution in [3.05, 3.63) is 46.5 Å². The van der Waals surface area contributed by atoms with Crippen molar-refractivity contribution in [1.29, 1.82) is 0 Å². The van der Waals surface area contributed by atoms with E-state index in [0.717, 1.165) is 23.5 Å². The number of benzene rings is 1. The number of aromatic nitrogens is 1. The van der Waals surface area contributed by atoms with Crippen LogP contribution < -0.4 is 5.32 Å². The zero-order valence-corrected chi connectivity index (χ0v) is 12.0. The Morgan fingerprint density at radius 1 is 1.19 bits per heavy atom. The summed E-state index contributed by atoms with van der Waals surface area (Å²) in [5.74, 6) is -2.69. The highest BCUT2D eigenvalue weighted by molar-refractivity contribution is 7.14. The molecule has 0 radical (unpaired) electrons. The highest BCUT2D eigenvalue weighted by Gasteiger charge is 2.15. The molecular weight excluding hydrogens is 300 g/mol. The monoisotopic (exact) mass is 311 g/mol. The van der Waals surface area contributed by atoms with E-state index in [-0.39, 0.29) is 22.3 Å². The lowest BCUT2D eigenvalue weighted by Gasteiger charge is -2.06. The minimum Gasteiger partial charge on any atom is -0.343 e. The first-order chi connectivity index (χ1) is 9.86. The van der Waals surface area contributed by atoms with Crippen LogP contribution in [0.2, 0.25) is 0 Å². The molecule has 2 aromatic rings. The van der Waals surface area contributed by atoms with Crippen LogP contribution in [0.4, 0.5) is 13.9 Å². The van der Waals surface area contributed by atoms with Gasteiger partial charge in [0, 0.05) is 31.1 Å². The predicted molar refractivity (Wildman–Crippen MR) is 74.4 cm³/mol. The molecule has 2 rings (SSSR count). The van der Waals surface area contributed by atoms with Gasteiger partial charge >= 0.3 is 0 Å². The molecule has 1 aromatic carbocycles. The van der Waals surface area contributed by atoms with Gasteiger partial charge in [-0.1, -0.05) is 0 Å². The summed E-state index contributed by atoms with van der Waals surface area (Å²) >= 11 is 1.05. The lowest BCUT2D eigenvalue weighted by atomic mass is 10.2. The number of rotatable bonds is 3. The Morgan fingerprint density at radius 3 is 2.38 bits per heavy atom. The van der Waals surface area contributed by atoms with E-state index in [1.807, 2.05) is 0 Å². The van der Waals surface area contributed by atoms with Crippen molar-refractivity contribution in [2.24, 2.45) is 0 Å². The molecule has 1 N–H and O–H groups in total. The second-order valence-corrected chi connectivity index (χ2v) is 5.21. The summed E-state index contributed by atoms with van der Waals surface area (Å²) in [6.45, 7) is 0. The van der Waals surface area contributed by atoms with Crippen molar-refractivity contribution >= 4 is 28.3 Å². The van der Waals surface area contributed by atoms with Crippen molar-refractivity contribution in [2.45, 2.75) is 0 Å². The predicted octanol–water partition coefficient (Wildman–Crippen LogP) is 2.38. The topological polar surface area (TPSA) is 62.3 Å². The molecule has 110 valence electrons. The summed E-state index contributed by atoms with van der Waals surface area (Å²) in [4.78, 5) is 28.8. The summed E-state index contributed by atoms with van der Waals surface area (Å²) in [6.07, 6.45) is 0. The number of carbonyl (C=O) groups excluding carboxylic acids is 2. The van der Waals surface area contributed by atoms with E-state index in [0.29, 0.717) is 6.07 Å². The van der Waals surface area contributed by atoms with E-state index in [9.17, 15) is 18.4 Å². The normalized spacial score (nSPS) is 10.3. The molecule has 8 heteroatoms. The Bertz CT molecular complexity index is 680. The Morgan fingerprint density at radius 2 is 1.81 bits per heavy atom. The maximum atomic E-state index is 13.0. The molecule has 0 aliphatic heterocycles. The van der Waals surface area contributed by atoms with Gasteiger partial charge in [0.05, 0.1) is 0 Å². The maximum Gasteiger partial charge on any atom is 0.272 e. The smallest absolute Gasteiger partial charge is 0.272 e. The maximum absolute atomic E-state index is 13.0. The van der Waals surface area contributed by atoms with Crippen molar-refractivity contribution in [3.63, 3.8) is 0 Å². The number of carbonyl (C=O) groups is 2. The van der Waals surface area contributed by atoms with E-state index in [1.54, 1.807) is 14.1 Å². The molecule has 0 aliphatic rings. The Labute approximate surface area is 123 Å². The average Bonchev–Trinajstić information content (AvgIpc) is 2.84. The standard InChI is InChI=1S/C13H11F2N3O2S/c1-18(2)12(20)10-6-21-13(16-10)17-11(19)7-3-8(14)5-9(15)4-7/h3-6H,1-2H3,(H,16,17,19). The van der Waals surface area contributed by atoms with Crippen molar-refractivity contribution in [2.75, 3.05) is 19.4 Å². The number of hydrogen-bond acceptors (Lipinski definition) is 4. The number of nitrogens with zero attached hydrogens (tertiary/aromatic N) is 2. The first kappa shape index (κ1) is 15.0. The van der Waals surface area contributed by atoms with Crippen molar-refractivity contribution in [3.8, 4) is 0 Å². The van der Waals surface area contributed by atoms with Crippen LogP contribution >= 0.6 is 11.3 Å². The summed E-state index contributed by atoms with van der Waals surface area (Å²) < 4.78 is 26.1. The first-order valence-corrected chi connectivity index (χ1v) is 6.69. The van der Waals surface area contributed by atoms with Crippen molar-refractivity contribution in [1.82, 2.24) is 9.88 Å². The zero-order chi connectivity index (χ0) is 15.6. The fourth-order valence-corrected chi connectivity index (χ4v) is 2.19. The van der Waals surface area contributed by atoms with Crippen LogP contribution in [0.5, 0.6) is 0 Å². The van der Waals surface area contributed by atoms with Gasteiger partial charge < -0.3 is 4.90 Å². The van der Waals surface area contributed by atoms with E-state index in [2.05, 4.69) is 10.3 Å². The molecule has 21 heavy (non-hydrogen) atoms. The fraction of sp³-hybridized carbons (Fsp3) is 0.154. The third-order valence-corrected chi connectivity index (χ3v) is 3.23. The summed E-state index contributed by atoms with van der Waals surface area (Å²) in [5, 5.41) is 4.06. The van der Waals surface area contributed by atoms with Gasteiger partial charge in [-0.2, -0.15) is 0 Å². The number of nitrogens with one attached hydrogen (secondary N) is 1. The fourth-order valence-electron chi connectivity index (χ4n) is 1.51. The molecule has 0 aliphatic carbocycles. The summed E-state index contributed by atoms with van der Waals surface area (Å²) in [7, 11) is 3.16. The average molecular weight is 311 g/mol. The number of anilines is 1. The number of halogens is 2. The van der Waals surface area contributed by atoms with Crippen LogP contribution in [0, 0.1) is 11.6 Å². The molecule has 0 saturated carbocycles. The molecule has 5 nitrogen and oxygen atoms in total. The molecule has 0 bridgehead atoms. The van der Waals surface area contributed by atoms with Crippen LogP contribution in [0.25, 0.3) is 0 Å². The van der Waals surface area contributed by atoms with Gasteiger partial charge in [-0.05, 0) is 12.1 Å². The van der Waals surface area contributed by atoms with E-state index >= 15 is 0 Å². The Balaban J connectivity index is 2.15. The van der Waals surface area contributed by atoms with Gasteiger partial charge in [0.25, 0.3) is 11.8 Å². The molecule has 0 atom stereocenters. The van der Waals surface area contributed by atoms with Gasteiger partial charge in [-0.3, -0.25) is 14.9 Å². The number of amides is 2. The summed E-state index contributed by atoms with van der Waals surface area (Å²) in [5.41, 5.74) is 0.0221. The highest BCUT2D eigenvalue weighted by atomic mass is 32.1. The molecule has 0 unspecified atom stereocenters. The molecule has 0 spiro atoms. The first-order valence-electron chi connectivity index (χ1n) is 5.81. The lowest BCUT2D eigenvalue weighted by Crippen LogP contribution is -2.22. The third kappa shape index (κ3) is 3.60. The van der Waals surface area contributed by atoms with Gasteiger partial charge in [0.2, 0.25) is 0 Å². The van der Waals surface area contributed by atoms with Gasteiger partial charge in [-0.15, -0.1) is 11.3 Å². The quantitative estimate of drug-likeness (QED) is 0.946. The van der Waals surface area contributed by atoms with Crippen LogP contribution in [-0.4, -0.2) is 35.8 Å². The molecule has 1 heterocycles. The van der Waals surface area contributed by atoms with Gasteiger partial charge in [0.15, 0.2) is 5.13 Å². The number of thiazole rings is 1. The minimum atomic E-state index is -0.845.